The molecule has 0 aliphatic rings. The molecule has 0 saturated carbocycles. The Morgan fingerprint density at radius 2 is 2.25 bits per heavy atom. The summed E-state index contributed by atoms with van der Waals surface area (Å²) < 4.78 is 6.51. The van der Waals surface area contributed by atoms with Gasteiger partial charge in [-0.15, -0.1) is 0 Å². The first-order chi connectivity index (χ1) is 5.83. The van der Waals surface area contributed by atoms with E-state index in [1.54, 1.807) is 0 Å². The van der Waals surface area contributed by atoms with Crippen LogP contribution < -0.4 is 0 Å². The monoisotopic (exact) mass is 228 g/mol. The van der Waals surface area contributed by atoms with Crippen molar-refractivity contribution in [1.29, 1.82) is 0 Å². The molecule has 0 atom stereocenters. The molecule has 0 amide bonds. The van der Waals surface area contributed by atoms with E-state index in [1.165, 1.54) is 5.56 Å². The SMILES string of the molecule is CCCOCc1cccc(Br)c1. The van der Waals surface area contributed by atoms with Gasteiger partial charge < -0.3 is 4.74 Å². The van der Waals surface area contributed by atoms with Crippen LogP contribution in [0.25, 0.3) is 0 Å². The molecular weight excluding hydrogens is 216 g/mol. The third kappa shape index (κ3) is 3.37. The van der Waals surface area contributed by atoms with E-state index in [2.05, 4.69) is 35.0 Å². The zero-order valence-corrected chi connectivity index (χ0v) is 8.80. The Balaban J connectivity index is 2.41. The lowest BCUT2D eigenvalue weighted by Gasteiger charge is -2.02. The number of halogens is 1. The van der Waals surface area contributed by atoms with Crippen LogP contribution in [-0.4, -0.2) is 6.61 Å². The molecule has 0 aliphatic carbocycles. The average molecular weight is 229 g/mol. The molecule has 0 unspecified atom stereocenters. The van der Waals surface area contributed by atoms with E-state index < -0.39 is 0 Å². The Morgan fingerprint density at radius 3 is 2.92 bits per heavy atom. The van der Waals surface area contributed by atoms with E-state index in [9.17, 15) is 0 Å². The van der Waals surface area contributed by atoms with Crippen molar-refractivity contribution in [3.8, 4) is 0 Å². The number of hydrogen-bond acceptors (Lipinski definition) is 1. The zero-order chi connectivity index (χ0) is 8.81. The van der Waals surface area contributed by atoms with Gasteiger partial charge in [0, 0.05) is 11.1 Å². The molecule has 0 saturated heterocycles. The van der Waals surface area contributed by atoms with Crippen molar-refractivity contribution in [3.05, 3.63) is 34.3 Å². The summed E-state index contributed by atoms with van der Waals surface area (Å²) in [6.45, 7) is 3.67. The molecule has 1 aromatic rings. The Bertz CT molecular complexity index is 235. The molecule has 0 N–H and O–H groups in total. The normalized spacial score (nSPS) is 10.2. The molecule has 66 valence electrons. The van der Waals surface area contributed by atoms with Crippen molar-refractivity contribution in [2.24, 2.45) is 0 Å². The lowest BCUT2D eigenvalue weighted by atomic mass is 10.2. The van der Waals surface area contributed by atoms with Crippen LogP contribution >= 0.6 is 15.9 Å². The molecule has 2 heteroatoms. The van der Waals surface area contributed by atoms with Crippen molar-refractivity contribution >= 4 is 15.9 Å². The number of hydrogen-bond donors (Lipinski definition) is 0. The molecule has 1 nitrogen and oxygen atoms in total. The summed E-state index contributed by atoms with van der Waals surface area (Å²) in [7, 11) is 0. The smallest absolute Gasteiger partial charge is 0.0717 e. The van der Waals surface area contributed by atoms with Gasteiger partial charge in [-0.1, -0.05) is 35.0 Å². The van der Waals surface area contributed by atoms with Gasteiger partial charge in [0.15, 0.2) is 0 Å². The van der Waals surface area contributed by atoms with Crippen LogP contribution in [0.3, 0.4) is 0 Å². The number of ether oxygens (including phenoxy) is 1. The summed E-state index contributed by atoms with van der Waals surface area (Å²) in [4.78, 5) is 0. The molecule has 0 heterocycles. The first-order valence-corrected chi connectivity index (χ1v) is 4.94. The minimum Gasteiger partial charge on any atom is -0.377 e. The van der Waals surface area contributed by atoms with E-state index in [1.807, 2.05) is 12.1 Å². The maximum absolute atomic E-state index is 5.40. The van der Waals surface area contributed by atoms with Crippen molar-refractivity contribution in [2.75, 3.05) is 6.61 Å². The summed E-state index contributed by atoms with van der Waals surface area (Å²) in [5.41, 5.74) is 1.22. The molecule has 12 heavy (non-hydrogen) atoms. The maximum atomic E-state index is 5.40. The van der Waals surface area contributed by atoms with Crippen LogP contribution in [0.1, 0.15) is 18.9 Å². The minimum absolute atomic E-state index is 0.716. The van der Waals surface area contributed by atoms with Gasteiger partial charge in [0.1, 0.15) is 0 Å². The van der Waals surface area contributed by atoms with Crippen molar-refractivity contribution in [3.63, 3.8) is 0 Å². The Hall–Kier alpha value is -0.340. The highest BCUT2D eigenvalue weighted by atomic mass is 79.9. The van der Waals surface area contributed by atoms with E-state index in [0.29, 0.717) is 6.61 Å². The Morgan fingerprint density at radius 1 is 1.42 bits per heavy atom. The van der Waals surface area contributed by atoms with Crippen LogP contribution in [-0.2, 0) is 11.3 Å². The lowest BCUT2D eigenvalue weighted by Crippen LogP contribution is -1.93. The fraction of sp³-hybridized carbons (Fsp3) is 0.400. The molecule has 1 aromatic carbocycles. The predicted molar refractivity (Wildman–Crippen MR) is 54.1 cm³/mol. The van der Waals surface area contributed by atoms with Crippen LogP contribution in [0.2, 0.25) is 0 Å². The summed E-state index contributed by atoms with van der Waals surface area (Å²) in [5.74, 6) is 0. The Labute approximate surface area is 81.9 Å². The third-order valence-electron chi connectivity index (χ3n) is 1.51. The second-order valence-electron chi connectivity index (χ2n) is 2.68. The van der Waals surface area contributed by atoms with E-state index in [0.717, 1.165) is 17.5 Å². The summed E-state index contributed by atoms with van der Waals surface area (Å²) >= 11 is 3.42. The maximum Gasteiger partial charge on any atom is 0.0717 e. The molecule has 0 fully saturated rings. The van der Waals surface area contributed by atoms with Gasteiger partial charge in [-0.05, 0) is 24.1 Å². The topological polar surface area (TPSA) is 9.23 Å². The van der Waals surface area contributed by atoms with Crippen LogP contribution in [0.4, 0.5) is 0 Å². The molecule has 0 radical (unpaired) electrons. The van der Waals surface area contributed by atoms with E-state index >= 15 is 0 Å². The Kier molecular flexibility index (Phi) is 4.33. The van der Waals surface area contributed by atoms with Gasteiger partial charge >= 0.3 is 0 Å². The zero-order valence-electron chi connectivity index (χ0n) is 7.22. The summed E-state index contributed by atoms with van der Waals surface area (Å²) in [5, 5.41) is 0. The van der Waals surface area contributed by atoms with Crippen LogP contribution in [0.15, 0.2) is 28.7 Å². The molecule has 0 bridgehead atoms. The van der Waals surface area contributed by atoms with Crippen molar-refractivity contribution in [1.82, 2.24) is 0 Å². The fourth-order valence-electron chi connectivity index (χ4n) is 0.961. The minimum atomic E-state index is 0.716. The predicted octanol–water partition coefficient (Wildman–Crippen LogP) is 3.38. The lowest BCUT2D eigenvalue weighted by molar-refractivity contribution is 0.121. The van der Waals surface area contributed by atoms with Gasteiger partial charge in [0.2, 0.25) is 0 Å². The fourth-order valence-corrected chi connectivity index (χ4v) is 1.41. The van der Waals surface area contributed by atoms with Gasteiger partial charge in [-0.2, -0.15) is 0 Å². The first kappa shape index (κ1) is 9.75. The van der Waals surface area contributed by atoms with Gasteiger partial charge in [-0.25, -0.2) is 0 Å². The van der Waals surface area contributed by atoms with Crippen LogP contribution in [0, 0.1) is 0 Å². The highest BCUT2D eigenvalue weighted by molar-refractivity contribution is 9.10. The molecule has 1 rings (SSSR count). The highest BCUT2D eigenvalue weighted by Crippen LogP contribution is 2.12. The quantitative estimate of drug-likeness (QED) is 0.719. The highest BCUT2D eigenvalue weighted by Gasteiger charge is 1.92. The summed E-state index contributed by atoms with van der Waals surface area (Å²) in [6, 6.07) is 8.19. The standard InChI is InChI=1S/C10H13BrO/c1-2-6-12-8-9-4-3-5-10(11)7-9/h3-5,7H,2,6,8H2,1H3. The first-order valence-electron chi connectivity index (χ1n) is 4.15. The second kappa shape index (κ2) is 5.33. The van der Waals surface area contributed by atoms with E-state index in [-0.39, 0.29) is 0 Å². The van der Waals surface area contributed by atoms with Gasteiger partial charge in [0.25, 0.3) is 0 Å². The third-order valence-corrected chi connectivity index (χ3v) is 2.00. The van der Waals surface area contributed by atoms with Crippen molar-refractivity contribution in [2.45, 2.75) is 20.0 Å². The number of benzene rings is 1. The molecular formula is C10H13BrO. The molecule has 0 aromatic heterocycles. The van der Waals surface area contributed by atoms with Crippen LogP contribution in [0.5, 0.6) is 0 Å². The van der Waals surface area contributed by atoms with Crippen molar-refractivity contribution < 1.29 is 4.74 Å². The second-order valence-corrected chi connectivity index (χ2v) is 3.60. The van der Waals surface area contributed by atoms with E-state index in [4.69, 9.17) is 4.74 Å². The average Bonchev–Trinajstić information content (AvgIpc) is 2.05. The number of rotatable bonds is 4. The summed E-state index contributed by atoms with van der Waals surface area (Å²) in [6.07, 6.45) is 1.08. The van der Waals surface area contributed by atoms with Gasteiger partial charge in [0.05, 0.1) is 6.61 Å². The molecule has 0 spiro atoms. The van der Waals surface area contributed by atoms with Gasteiger partial charge in [-0.3, -0.25) is 0 Å². The largest absolute Gasteiger partial charge is 0.377 e. The molecule has 0 aliphatic heterocycles.